The third kappa shape index (κ3) is 3.45. The number of hydrogen-bond donors (Lipinski definition) is 1. The Morgan fingerprint density at radius 3 is 2.61 bits per heavy atom. The highest BCUT2D eigenvalue weighted by Crippen LogP contribution is 2.39. The van der Waals surface area contributed by atoms with Gasteiger partial charge in [0.2, 0.25) is 0 Å². The van der Waals surface area contributed by atoms with Crippen LogP contribution in [-0.4, -0.2) is 39.4 Å². The zero-order chi connectivity index (χ0) is 13.8. The summed E-state index contributed by atoms with van der Waals surface area (Å²) < 4.78 is 10.5. The predicted molar refractivity (Wildman–Crippen MR) is 71.4 cm³/mol. The van der Waals surface area contributed by atoms with E-state index < -0.39 is 5.41 Å². The number of carbonyl (C=O) groups is 1. The highest BCUT2D eigenvalue weighted by Gasteiger charge is 2.46. The van der Waals surface area contributed by atoms with Gasteiger partial charge in [-0.2, -0.15) is 0 Å². The molecule has 18 heavy (non-hydrogen) atoms. The van der Waals surface area contributed by atoms with Crippen molar-refractivity contribution in [1.82, 2.24) is 5.32 Å². The lowest BCUT2D eigenvalue weighted by Crippen LogP contribution is -2.54. The molecule has 0 unspecified atom stereocenters. The van der Waals surface area contributed by atoms with Crippen molar-refractivity contribution in [3.05, 3.63) is 0 Å². The lowest BCUT2D eigenvalue weighted by molar-refractivity contribution is -0.160. The van der Waals surface area contributed by atoms with Gasteiger partial charge in [0.15, 0.2) is 0 Å². The van der Waals surface area contributed by atoms with Crippen LogP contribution in [0.3, 0.4) is 0 Å². The van der Waals surface area contributed by atoms with Crippen molar-refractivity contribution in [2.45, 2.75) is 34.1 Å². The van der Waals surface area contributed by atoms with Gasteiger partial charge in [0.25, 0.3) is 0 Å². The van der Waals surface area contributed by atoms with E-state index in [1.165, 1.54) is 7.11 Å². The molecule has 1 rings (SSSR count). The number of methoxy groups -OCH3 is 1. The zero-order valence-corrected chi connectivity index (χ0v) is 12.3. The van der Waals surface area contributed by atoms with Gasteiger partial charge >= 0.3 is 5.97 Å². The summed E-state index contributed by atoms with van der Waals surface area (Å²) in [5.74, 6) is 0.295. The van der Waals surface area contributed by atoms with Crippen LogP contribution in [0, 0.1) is 16.7 Å². The Hall–Kier alpha value is -0.610. The molecule has 4 nitrogen and oxygen atoms in total. The van der Waals surface area contributed by atoms with Gasteiger partial charge in [-0.3, -0.25) is 4.79 Å². The maximum Gasteiger partial charge on any atom is 0.315 e. The highest BCUT2D eigenvalue weighted by atomic mass is 16.5. The van der Waals surface area contributed by atoms with Gasteiger partial charge in [0, 0.05) is 13.2 Å². The molecule has 0 amide bonds. The number of nitrogens with one attached hydrogen (secondary N) is 1. The molecule has 0 bridgehead atoms. The van der Waals surface area contributed by atoms with Crippen LogP contribution >= 0.6 is 0 Å². The maximum atomic E-state index is 12.1. The van der Waals surface area contributed by atoms with Gasteiger partial charge in [-0.1, -0.05) is 20.8 Å². The molecule has 1 N–H and O–H groups in total. The number of carbonyl (C=O) groups excluding carboxylic acids is 1. The van der Waals surface area contributed by atoms with Crippen molar-refractivity contribution in [1.29, 1.82) is 0 Å². The molecule has 1 saturated heterocycles. The second kappa shape index (κ2) is 6.02. The Labute approximate surface area is 110 Å². The minimum Gasteiger partial charge on any atom is -0.468 e. The van der Waals surface area contributed by atoms with E-state index in [0.717, 1.165) is 13.0 Å². The van der Waals surface area contributed by atoms with Crippen molar-refractivity contribution in [3.63, 3.8) is 0 Å². The van der Waals surface area contributed by atoms with Crippen molar-refractivity contribution in [2.24, 2.45) is 16.7 Å². The van der Waals surface area contributed by atoms with E-state index >= 15 is 0 Å². The SMILES string of the molecule is CCOC[C@]1(C(=O)OC)CNC[C@H](C(C)(C)C)C1. The Morgan fingerprint density at radius 1 is 1.44 bits per heavy atom. The van der Waals surface area contributed by atoms with E-state index in [9.17, 15) is 4.79 Å². The smallest absolute Gasteiger partial charge is 0.315 e. The average molecular weight is 257 g/mol. The van der Waals surface area contributed by atoms with Crippen LogP contribution in [0.15, 0.2) is 0 Å². The van der Waals surface area contributed by atoms with Crippen LogP contribution in [0.2, 0.25) is 0 Å². The fraction of sp³-hybridized carbons (Fsp3) is 0.929. The van der Waals surface area contributed by atoms with Crippen molar-refractivity contribution >= 4 is 5.97 Å². The first-order valence-electron chi connectivity index (χ1n) is 6.72. The molecule has 0 aromatic rings. The van der Waals surface area contributed by atoms with Gasteiger partial charge < -0.3 is 14.8 Å². The highest BCUT2D eigenvalue weighted by molar-refractivity contribution is 5.77. The third-order valence-corrected chi connectivity index (χ3v) is 3.92. The van der Waals surface area contributed by atoms with Crippen molar-refractivity contribution in [2.75, 3.05) is 33.4 Å². The van der Waals surface area contributed by atoms with Crippen LogP contribution in [0.4, 0.5) is 0 Å². The number of rotatable bonds is 4. The third-order valence-electron chi connectivity index (χ3n) is 3.92. The Morgan fingerprint density at radius 2 is 2.11 bits per heavy atom. The fourth-order valence-electron chi connectivity index (χ4n) is 2.55. The number of hydrogen-bond acceptors (Lipinski definition) is 4. The first-order chi connectivity index (χ1) is 8.35. The Balaban J connectivity index is 2.85. The summed E-state index contributed by atoms with van der Waals surface area (Å²) in [6.45, 7) is 11.3. The monoisotopic (exact) mass is 257 g/mol. The summed E-state index contributed by atoms with van der Waals surface area (Å²) in [7, 11) is 1.46. The summed E-state index contributed by atoms with van der Waals surface area (Å²) in [4.78, 5) is 12.1. The lowest BCUT2D eigenvalue weighted by atomic mass is 9.68. The van der Waals surface area contributed by atoms with E-state index in [0.29, 0.717) is 25.7 Å². The van der Waals surface area contributed by atoms with Crippen LogP contribution in [0.5, 0.6) is 0 Å². The summed E-state index contributed by atoms with van der Waals surface area (Å²) in [6.07, 6.45) is 0.830. The fourth-order valence-corrected chi connectivity index (χ4v) is 2.55. The molecule has 1 fully saturated rings. The number of esters is 1. The van der Waals surface area contributed by atoms with E-state index in [-0.39, 0.29) is 11.4 Å². The zero-order valence-electron chi connectivity index (χ0n) is 12.3. The van der Waals surface area contributed by atoms with Gasteiger partial charge in [-0.05, 0) is 31.2 Å². The molecule has 2 atom stereocenters. The van der Waals surface area contributed by atoms with Crippen LogP contribution < -0.4 is 5.32 Å². The van der Waals surface area contributed by atoms with Crippen LogP contribution in [-0.2, 0) is 14.3 Å². The minimum atomic E-state index is -0.527. The summed E-state index contributed by atoms with van der Waals surface area (Å²) in [5.41, 5.74) is -0.347. The molecule has 4 heteroatoms. The molecule has 0 aliphatic carbocycles. The second-order valence-electron chi connectivity index (χ2n) is 6.31. The number of ether oxygens (including phenoxy) is 2. The molecule has 0 aromatic heterocycles. The second-order valence-corrected chi connectivity index (χ2v) is 6.31. The number of piperidine rings is 1. The first kappa shape index (κ1) is 15.4. The van der Waals surface area contributed by atoms with Gasteiger partial charge in [-0.25, -0.2) is 0 Å². The summed E-state index contributed by atoms with van der Waals surface area (Å²) in [6, 6.07) is 0. The van der Waals surface area contributed by atoms with Gasteiger partial charge in [0.1, 0.15) is 5.41 Å². The Kier molecular flexibility index (Phi) is 5.17. The van der Waals surface area contributed by atoms with E-state index in [4.69, 9.17) is 9.47 Å². The molecule has 106 valence electrons. The predicted octanol–water partition coefficient (Wildman–Crippen LogP) is 1.84. The largest absolute Gasteiger partial charge is 0.468 e. The molecular formula is C14H27NO3. The average Bonchev–Trinajstić information content (AvgIpc) is 2.34. The summed E-state index contributed by atoms with van der Waals surface area (Å²) in [5, 5.41) is 3.38. The van der Waals surface area contributed by atoms with Gasteiger partial charge in [-0.15, -0.1) is 0 Å². The minimum absolute atomic E-state index is 0.155. The maximum absolute atomic E-state index is 12.1. The molecule has 1 aliphatic rings. The molecule has 1 heterocycles. The van der Waals surface area contributed by atoms with Crippen molar-refractivity contribution in [3.8, 4) is 0 Å². The van der Waals surface area contributed by atoms with Gasteiger partial charge in [0.05, 0.1) is 13.7 Å². The van der Waals surface area contributed by atoms with Crippen LogP contribution in [0.1, 0.15) is 34.1 Å². The molecule has 0 saturated carbocycles. The normalized spacial score (nSPS) is 29.1. The van der Waals surface area contributed by atoms with E-state index in [1.54, 1.807) is 0 Å². The summed E-state index contributed by atoms with van der Waals surface area (Å²) >= 11 is 0. The molecule has 0 spiro atoms. The molecule has 1 aliphatic heterocycles. The first-order valence-corrected chi connectivity index (χ1v) is 6.72. The van der Waals surface area contributed by atoms with E-state index in [1.807, 2.05) is 6.92 Å². The standard InChI is InChI=1S/C14H27NO3/c1-6-18-10-14(12(16)17-5)7-11(8-15-9-14)13(2,3)4/h11,15H,6-10H2,1-5H3/t11-,14-/m1/s1. The Bertz CT molecular complexity index is 285. The quantitative estimate of drug-likeness (QED) is 0.781. The molecular weight excluding hydrogens is 230 g/mol. The van der Waals surface area contributed by atoms with Crippen LogP contribution in [0.25, 0.3) is 0 Å². The van der Waals surface area contributed by atoms with Crippen molar-refractivity contribution < 1.29 is 14.3 Å². The lowest BCUT2D eigenvalue weighted by Gasteiger charge is -2.43. The topological polar surface area (TPSA) is 47.6 Å². The molecule has 0 aromatic carbocycles. The molecule has 0 radical (unpaired) electrons. The van der Waals surface area contributed by atoms with E-state index in [2.05, 4.69) is 26.1 Å².